The van der Waals surface area contributed by atoms with Crippen molar-refractivity contribution in [2.75, 3.05) is 11.1 Å². The third-order valence-electron chi connectivity index (χ3n) is 8.20. The number of anilines is 1. The fourth-order valence-corrected chi connectivity index (χ4v) is 7.40. The number of aromatic nitrogens is 2. The van der Waals surface area contributed by atoms with E-state index in [0.717, 1.165) is 29.0 Å². The zero-order chi connectivity index (χ0) is 23.1. The number of amides is 1. The van der Waals surface area contributed by atoms with E-state index in [0.29, 0.717) is 16.5 Å². The standard InChI is InChI=1S/C28H31N3O2S/c1-18-2-4-22(5-3-18)26-30-31-27(33-26)34-17-25(32)29-24-8-6-23(7-9-24)28-11-10-19-12-20(15-28)14-21(13-19)16-28/h2-9,19-21H,10-17H2,1H3,(H,29,32). The van der Waals surface area contributed by atoms with Gasteiger partial charge in [-0.25, -0.2) is 0 Å². The maximum atomic E-state index is 12.5. The molecule has 4 aliphatic rings. The van der Waals surface area contributed by atoms with E-state index in [-0.39, 0.29) is 11.7 Å². The summed E-state index contributed by atoms with van der Waals surface area (Å²) in [6, 6.07) is 16.6. The Labute approximate surface area is 205 Å². The Balaban J connectivity index is 1.06. The molecule has 176 valence electrons. The fourth-order valence-electron chi connectivity index (χ4n) is 6.84. The van der Waals surface area contributed by atoms with Crippen LogP contribution in [0.5, 0.6) is 0 Å². The minimum absolute atomic E-state index is 0.0704. The molecule has 1 heterocycles. The summed E-state index contributed by atoms with van der Waals surface area (Å²) >= 11 is 1.26. The number of carbonyl (C=O) groups excluding carboxylic acids is 1. The van der Waals surface area contributed by atoms with E-state index in [2.05, 4.69) is 39.8 Å². The first-order valence-electron chi connectivity index (χ1n) is 12.5. The summed E-state index contributed by atoms with van der Waals surface area (Å²) in [5, 5.41) is 11.6. The highest BCUT2D eigenvalue weighted by atomic mass is 32.2. The number of rotatable bonds is 6. The van der Waals surface area contributed by atoms with Gasteiger partial charge in [-0.15, -0.1) is 10.2 Å². The van der Waals surface area contributed by atoms with Crippen LogP contribution in [-0.4, -0.2) is 21.9 Å². The predicted octanol–water partition coefficient (Wildman–Crippen LogP) is 6.63. The van der Waals surface area contributed by atoms with Crippen molar-refractivity contribution >= 4 is 23.4 Å². The van der Waals surface area contributed by atoms with Crippen molar-refractivity contribution in [1.82, 2.24) is 10.2 Å². The van der Waals surface area contributed by atoms with Crippen LogP contribution in [0.4, 0.5) is 5.69 Å². The molecule has 7 rings (SSSR count). The lowest BCUT2D eigenvalue weighted by atomic mass is 9.59. The lowest BCUT2D eigenvalue weighted by Gasteiger charge is -2.45. The molecule has 2 unspecified atom stereocenters. The molecule has 1 amide bonds. The molecule has 0 saturated heterocycles. The normalized spacial score (nSPS) is 27.5. The van der Waals surface area contributed by atoms with E-state index in [1.807, 2.05) is 31.2 Å². The predicted molar refractivity (Wildman–Crippen MR) is 135 cm³/mol. The van der Waals surface area contributed by atoms with Crippen LogP contribution in [0.1, 0.15) is 56.1 Å². The Morgan fingerprint density at radius 2 is 1.71 bits per heavy atom. The summed E-state index contributed by atoms with van der Waals surface area (Å²) in [5.74, 6) is 3.44. The maximum absolute atomic E-state index is 12.5. The van der Waals surface area contributed by atoms with Gasteiger partial charge in [0.2, 0.25) is 11.8 Å². The van der Waals surface area contributed by atoms with Crippen LogP contribution in [0.3, 0.4) is 0 Å². The van der Waals surface area contributed by atoms with E-state index in [1.54, 1.807) is 0 Å². The Morgan fingerprint density at radius 1 is 1.00 bits per heavy atom. The largest absolute Gasteiger partial charge is 0.411 e. The van der Waals surface area contributed by atoms with E-state index in [1.165, 1.54) is 67.8 Å². The number of benzene rings is 2. The van der Waals surface area contributed by atoms with E-state index < -0.39 is 0 Å². The van der Waals surface area contributed by atoms with Gasteiger partial charge in [0.1, 0.15) is 0 Å². The smallest absolute Gasteiger partial charge is 0.277 e. The van der Waals surface area contributed by atoms with Crippen molar-refractivity contribution in [3.63, 3.8) is 0 Å². The van der Waals surface area contributed by atoms with Gasteiger partial charge < -0.3 is 9.73 Å². The van der Waals surface area contributed by atoms with Crippen molar-refractivity contribution in [2.45, 2.75) is 62.5 Å². The Kier molecular flexibility index (Phi) is 5.72. The molecule has 6 heteroatoms. The van der Waals surface area contributed by atoms with Crippen LogP contribution in [0, 0.1) is 24.7 Å². The second-order valence-electron chi connectivity index (χ2n) is 10.7. The summed E-state index contributed by atoms with van der Waals surface area (Å²) < 4.78 is 5.71. The minimum atomic E-state index is -0.0704. The lowest BCUT2D eigenvalue weighted by molar-refractivity contribution is -0.113. The molecule has 3 aromatic rings. The number of nitrogens with one attached hydrogen (secondary N) is 1. The number of hydrogen-bond donors (Lipinski definition) is 1. The fraction of sp³-hybridized carbons (Fsp3) is 0.464. The number of aryl methyl sites for hydroxylation is 1. The molecule has 5 nitrogen and oxygen atoms in total. The quantitative estimate of drug-likeness (QED) is 0.407. The Hall–Kier alpha value is -2.60. The minimum Gasteiger partial charge on any atom is -0.411 e. The molecule has 1 aromatic heterocycles. The number of thioether (sulfide) groups is 1. The van der Waals surface area contributed by atoms with Crippen LogP contribution in [-0.2, 0) is 10.2 Å². The van der Waals surface area contributed by atoms with E-state index >= 15 is 0 Å². The molecule has 4 aliphatic carbocycles. The van der Waals surface area contributed by atoms with Crippen molar-refractivity contribution in [3.8, 4) is 11.5 Å². The van der Waals surface area contributed by atoms with Crippen molar-refractivity contribution in [2.24, 2.45) is 17.8 Å². The van der Waals surface area contributed by atoms with E-state index in [4.69, 9.17) is 4.42 Å². The van der Waals surface area contributed by atoms with Gasteiger partial charge in [-0.05, 0) is 105 Å². The van der Waals surface area contributed by atoms with Gasteiger partial charge >= 0.3 is 0 Å². The van der Waals surface area contributed by atoms with Crippen molar-refractivity contribution in [1.29, 1.82) is 0 Å². The number of hydrogen-bond acceptors (Lipinski definition) is 5. The third-order valence-corrected chi connectivity index (χ3v) is 9.02. The van der Waals surface area contributed by atoms with Crippen LogP contribution in [0.2, 0.25) is 0 Å². The summed E-state index contributed by atoms with van der Waals surface area (Å²) in [7, 11) is 0. The molecule has 2 aromatic carbocycles. The monoisotopic (exact) mass is 473 g/mol. The van der Waals surface area contributed by atoms with Gasteiger partial charge in [0, 0.05) is 11.3 Å². The zero-order valence-corrected chi connectivity index (χ0v) is 20.4. The van der Waals surface area contributed by atoms with Gasteiger partial charge in [0.25, 0.3) is 5.22 Å². The highest BCUT2D eigenvalue weighted by Crippen LogP contribution is 2.57. The molecule has 2 atom stereocenters. The Bertz CT molecular complexity index is 1160. The van der Waals surface area contributed by atoms with Crippen LogP contribution < -0.4 is 5.32 Å². The van der Waals surface area contributed by atoms with Gasteiger partial charge in [0.15, 0.2) is 0 Å². The van der Waals surface area contributed by atoms with Crippen molar-refractivity contribution in [3.05, 3.63) is 59.7 Å². The van der Waals surface area contributed by atoms with Gasteiger partial charge in [-0.1, -0.05) is 41.6 Å². The molecule has 34 heavy (non-hydrogen) atoms. The zero-order valence-electron chi connectivity index (χ0n) is 19.6. The molecule has 4 bridgehead atoms. The van der Waals surface area contributed by atoms with Crippen LogP contribution in [0.15, 0.2) is 58.2 Å². The maximum Gasteiger partial charge on any atom is 0.277 e. The summed E-state index contributed by atoms with van der Waals surface area (Å²) in [5.41, 5.74) is 4.75. The van der Waals surface area contributed by atoms with Gasteiger partial charge in [-0.3, -0.25) is 4.79 Å². The first-order chi connectivity index (χ1) is 16.5. The average Bonchev–Trinajstić information content (AvgIpc) is 3.21. The van der Waals surface area contributed by atoms with Gasteiger partial charge in [-0.2, -0.15) is 0 Å². The topological polar surface area (TPSA) is 68.0 Å². The first-order valence-corrected chi connectivity index (χ1v) is 13.5. The molecular weight excluding hydrogens is 442 g/mol. The number of nitrogens with zero attached hydrogens (tertiary/aromatic N) is 2. The molecule has 4 fully saturated rings. The first kappa shape index (κ1) is 21.9. The molecule has 0 aliphatic heterocycles. The van der Waals surface area contributed by atoms with E-state index in [9.17, 15) is 4.79 Å². The van der Waals surface area contributed by atoms with Crippen LogP contribution in [0.25, 0.3) is 11.5 Å². The second-order valence-corrected chi connectivity index (χ2v) is 11.6. The third kappa shape index (κ3) is 4.40. The summed E-state index contributed by atoms with van der Waals surface area (Å²) in [4.78, 5) is 12.5. The van der Waals surface area contributed by atoms with Gasteiger partial charge in [0.05, 0.1) is 5.75 Å². The highest BCUT2D eigenvalue weighted by molar-refractivity contribution is 7.99. The molecule has 0 spiro atoms. The highest BCUT2D eigenvalue weighted by Gasteiger charge is 2.48. The number of fused-ring (bicyclic) bond motifs is 1. The Morgan fingerprint density at radius 3 is 2.44 bits per heavy atom. The molecular formula is C28H31N3O2S. The second kappa shape index (κ2) is 8.88. The molecule has 0 radical (unpaired) electrons. The molecule has 1 N–H and O–H groups in total. The molecule has 4 saturated carbocycles. The number of carbonyl (C=O) groups is 1. The van der Waals surface area contributed by atoms with Crippen LogP contribution >= 0.6 is 11.8 Å². The van der Waals surface area contributed by atoms with Crippen molar-refractivity contribution < 1.29 is 9.21 Å². The lowest BCUT2D eigenvalue weighted by Crippen LogP contribution is -2.37. The SMILES string of the molecule is Cc1ccc(-c2nnc(SCC(=O)Nc3ccc(C45CCC6CC(CC(C6)C4)C5)cc3)o2)cc1. The summed E-state index contributed by atoms with van der Waals surface area (Å²) in [6.45, 7) is 2.04. The summed E-state index contributed by atoms with van der Waals surface area (Å²) in [6.07, 6.45) is 9.81. The average molecular weight is 474 g/mol.